The number of hydrogen-bond donors (Lipinski definition) is 1. The second kappa shape index (κ2) is 4.83. The number of hydrogen-bond acceptors (Lipinski definition) is 4. The lowest BCUT2D eigenvalue weighted by molar-refractivity contribution is -0.117. The summed E-state index contributed by atoms with van der Waals surface area (Å²) in [6.07, 6.45) is 1.83. The summed E-state index contributed by atoms with van der Waals surface area (Å²) in [7, 11) is 0. The SMILES string of the molecule is O=C(Nc1nnc(-c2ccc(Cl)cc2Cl)o1)C1CC1. The molecule has 0 bridgehead atoms. The smallest absolute Gasteiger partial charge is 0.322 e. The van der Waals surface area contributed by atoms with Crippen molar-refractivity contribution >= 4 is 35.1 Å². The Hall–Kier alpha value is -1.59. The van der Waals surface area contributed by atoms with Crippen LogP contribution in [-0.4, -0.2) is 16.1 Å². The van der Waals surface area contributed by atoms with E-state index in [0.717, 1.165) is 12.8 Å². The summed E-state index contributed by atoms with van der Waals surface area (Å²) in [5, 5.41) is 11.1. The van der Waals surface area contributed by atoms with Crippen molar-refractivity contribution in [3.05, 3.63) is 28.2 Å². The number of carbonyl (C=O) groups is 1. The van der Waals surface area contributed by atoms with E-state index in [1.54, 1.807) is 18.2 Å². The Labute approximate surface area is 118 Å². The van der Waals surface area contributed by atoms with E-state index in [-0.39, 0.29) is 23.7 Å². The number of carbonyl (C=O) groups excluding carboxylic acids is 1. The van der Waals surface area contributed by atoms with E-state index in [4.69, 9.17) is 27.6 Å². The van der Waals surface area contributed by atoms with Crippen LogP contribution in [0.15, 0.2) is 22.6 Å². The largest absolute Gasteiger partial charge is 0.403 e. The molecule has 7 heteroatoms. The summed E-state index contributed by atoms with van der Waals surface area (Å²) < 4.78 is 5.36. The Morgan fingerprint density at radius 3 is 2.79 bits per heavy atom. The van der Waals surface area contributed by atoms with Crippen LogP contribution in [-0.2, 0) is 4.79 Å². The Balaban J connectivity index is 1.81. The van der Waals surface area contributed by atoms with E-state index in [2.05, 4.69) is 15.5 Å². The number of aromatic nitrogens is 2. The van der Waals surface area contributed by atoms with Gasteiger partial charge in [-0.05, 0) is 31.0 Å². The summed E-state index contributed by atoms with van der Waals surface area (Å²) >= 11 is 11.9. The molecule has 0 spiro atoms. The van der Waals surface area contributed by atoms with Gasteiger partial charge in [-0.3, -0.25) is 10.1 Å². The molecule has 1 aromatic heterocycles. The molecule has 3 rings (SSSR count). The molecule has 1 aliphatic carbocycles. The molecule has 1 N–H and O–H groups in total. The first-order valence-electron chi connectivity index (χ1n) is 5.73. The molecule has 1 heterocycles. The third kappa shape index (κ3) is 2.72. The van der Waals surface area contributed by atoms with Crippen LogP contribution < -0.4 is 5.32 Å². The highest BCUT2D eigenvalue weighted by Crippen LogP contribution is 2.32. The number of rotatable bonds is 3. The quantitative estimate of drug-likeness (QED) is 0.943. The van der Waals surface area contributed by atoms with Crippen LogP contribution in [0.2, 0.25) is 10.0 Å². The summed E-state index contributed by atoms with van der Waals surface area (Å²) in [5.74, 6) is 0.236. The van der Waals surface area contributed by atoms with E-state index >= 15 is 0 Å². The van der Waals surface area contributed by atoms with E-state index in [0.29, 0.717) is 15.6 Å². The monoisotopic (exact) mass is 297 g/mol. The van der Waals surface area contributed by atoms with E-state index in [1.165, 1.54) is 0 Å². The highest BCUT2D eigenvalue weighted by molar-refractivity contribution is 6.36. The molecule has 19 heavy (non-hydrogen) atoms. The van der Waals surface area contributed by atoms with Crippen molar-refractivity contribution in [3.63, 3.8) is 0 Å². The van der Waals surface area contributed by atoms with E-state index < -0.39 is 0 Å². The van der Waals surface area contributed by atoms with Gasteiger partial charge in [-0.2, -0.15) is 0 Å². The maximum atomic E-state index is 11.5. The average molecular weight is 298 g/mol. The minimum absolute atomic E-state index is 0.0782. The molecular formula is C12H9Cl2N3O2. The predicted molar refractivity (Wildman–Crippen MR) is 71.1 cm³/mol. The standard InChI is InChI=1S/C12H9Cl2N3O2/c13-7-3-4-8(9(14)5-7)11-16-17-12(19-11)15-10(18)6-1-2-6/h3-6H,1-2H2,(H,15,17,18). The molecule has 0 saturated heterocycles. The van der Waals surface area contributed by atoms with Gasteiger partial charge in [0.15, 0.2) is 0 Å². The number of benzene rings is 1. The minimum Gasteiger partial charge on any atom is -0.403 e. The first-order valence-corrected chi connectivity index (χ1v) is 6.49. The van der Waals surface area contributed by atoms with Crippen LogP contribution in [0.25, 0.3) is 11.5 Å². The number of halogens is 2. The summed E-state index contributed by atoms with van der Waals surface area (Å²) in [6.45, 7) is 0. The first-order chi connectivity index (χ1) is 9.13. The molecule has 98 valence electrons. The molecule has 1 aromatic carbocycles. The molecule has 1 amide bonds. The maximum Gasteiger partial charge on any atom is 0.322 e. The van der Waals surface area contributed by atoms with Crippen LogP contribution >= 0.6 is 23.2 Å². The fourth-order valence-corrected chi connectivity index (χ4v) is 2.09. The van der Waals surface area contributed by atoms with Gasteiger partial charge in [0.05, 0.1) is 10.6 Å². The van der Waals surface area contributed by atoms with Crippen molar-refractivity contribution in [1.82, 2.24) is 10.2 Å². The topological polar surface area (TPSA) is 68.0 Å². The van der Waals surface area contributed by atoms with Gasteiger partial charge >= 0.3 is 6.01 Å². The van der Waals surface area contributed by atoms with Gasteiger partial charge < -0.3 is 4.42 Å². The first kappa shape index (κ1) is 12.4. The third-order valence-electron chi connectivity index (χ3n) is 2.76. The molecule has 5 nitrogen and oxygen atoms in total. The zero-order valence-electron chi connectivity index (χ0n) is 9.69. The van der Waals surface area contributed by atoms with Crippen LogP contribution in [0, 0.1) is 5.92 Å². The van der Waals surface area contributed by atoms with Crippen LogP contribution in [0.3, 0.4) is 0 Å². The summed E-state index contributed by atoms with van der Waals surface area (Å²) in [4.78, 5) is 11.5. The zero-order chi connectivity index (χ0) is 13.4. The predicted octanol–water partition coefficient (Wildman–Crippen LogP) is 3.39. The summed E-state index contributed by atoms with van der Waals surface area (Å²) in [5.41, 5.74) is 0.575. The van der Waals surface area contributed by atoms with Gasteiger partial charge in [0.25, 0.3) is 5.89 Å². The third-order valence-corrected chi connectivity index (χ3v) is 3.31. The molecule has 0 atom stereocenters. The van der Waals surface area contributed by atoms with Crippen molar-refractivity contribution in [2.24, 2.45) is 5.92 Å². The normalized spacial score (nSPS) is 14.4. The Morgan fingerprint density at radius 2 is 2.11 bits per heavy atom. The molecule has 1 aliphatic rings. The molecule has 2 aromatic rings. The summed E-state index contributed by atoms with van der Waals surface area (Å²) in [6, 6.07) is 5.03. The lowest BCUT2D eigenvalue weighted by Crippen LogP contribution is -2.13. The van der Waals surface area contributed by atoms with Crippen LogP contribution in [0.5, 0.6) is 0 Å². The Bertz CT molecular complexity index is 638. The molecule has 0 aliphatic heterocycles. The van der Waals surface area contributed by atoms with Crippen LogP contribution in [0.4, 0.5) is 6.01 Å². The van der Waals surface area contributed by atoms with Crippen molar-refractivity contribution in [3.8, 4) is 11.5 Å². The highest BCUT2D eigenvalue weighted by Gasteiger charge is 2.30. The van der Waals surface area contributed by atoms with Gasteiger partial charge in [0, 0.05) is 10.9 Å². The van der Waals surface area contributed by atoms with E-state index in [9.17, 15) is 4.79 Å². The number of nitrogens with one attached hydrogen (secondary N) is 1. The molecular weight excluding hydrogens is 289 g/mol. The fraction of sp³-hybridized carbons (Fsp3) is 0.250. The van der Waals surface area contributed by atoms with Gasteiger partial charge in [-0.25, -0.2) is 0 Å². The average Bonchev–Trinajstić information content (AvgIpc) is 3.11. The lowest BCUT2D eigenvalue weighted by atomic mass is 10.2. The minimum atomic E-state index is -0.0857. The molecule has 1 fully saturated rings. The second-order valence-corrected chi connectivity index (χ2v) is 5.14. The molecule has 1 saturated carbocycles. The second-order valence-electron chi connectivity index (χ2n) is 4.30. The van der Waals surface area contributed by atoms with Crippen molar-refractivity contribution in [2.75, 3.05) is 5.32 Å². The number of nitrogens with zero attached hydrogens (tertiary/aromatic N) is 2. The van der Waals surface area contributed by atoms with Crippen molar-refractivity contribution in [1.29, 1.82) is 0 Å². The van der Waals surface area contributed by atoms with Gasteiger partial charge in [-0.15, -0.1) is 5.10 Å². The molecule has 0 unspecified atom stereocenters. The van der Waals surface area contributed by atoms with Gasteiger partial charge in [-0.1, -0.05) is 28.3 Å². The zero-order valence-corrected chi connectivity index (χ0v) is 11.2. The lowest BCUT2D eigenvalue weighted by Gasteiger charge is -1.99. The molecule has 0 radical (unpaired) electrons. The van der Waals surface area contributed by atoms with E-state index in [1.807, 2.05) is 0 Å². The van der Waals surface area contributed by atoms with Gasteiger partial charge in [0.2, 0.25) is 5.91 Å². The van der Waals surface area contributed by atoms with Crippen molar-refractivity contribution in [2.45, 2.75) is 12.8 Å². The van der Waals surface area contributed by atoms with Gasteiger partial charge in [0.1, 0.15) is 0 Å². The Morgan fingerprint density at radius 1 is 1.32 bits per heavy atom. The van der Waals surface area contributed by atoms with Crippen LogP contribution in [0.1, 0.15) is 12.8 Å². The maximum absolute atomic E-state index is 11.5. The number of anilines is 1. The fourth-order valence-electron chi connectivity index (χ4n) is 1.60. The highest BCUT2D eigenvalue weighted by atomic mass is 35.5. The Kier molecular flexibility index (Phi) is 3.16. The number of amides is 1. The van der Waals surface area contributed by atoms with Crippen molar-refractivity contribution < 1.29 is 9.21 Å².